The molecular formula is C19H23F3N4O2S. The van der Waals surface area contributed by atoms with Gasteiger partial charge in [0, 0.05) is 32.0 Å². The van der Waals surface area contributed by atoms with Crippen LogP contribution in [0.5, 0.6) is 5.75 Å². The highest BCUT2D eigenvalue weighted by Gasteiger charge is 2.32. The molecule has 1 unspecified atom stereocenters. The predicted octanol–water partition coefficient (Wildman–Crippen LogP) is 4.20. The summed E-state index contributed by atoms with van der Waals surface area (Å²) in [4.78, 5) is 14.5. The van der Waals surface area contributed by atoms with E-state index in [2.05, 4.69) is 14.9 Å². The van der Waals surface area contributed by atoms with Gasteiger partial charge in [-0.15, -0.1) is 13.2 Å². The number of halogens is 3. The maximum absolute atomic E-state index is 12.7. The van der Waals surface area contributed by atoms with Crippen LogP contribution in [0, 0.1) is 4.77 Å². The number of amides is 1. The Morgan fingerprint density at radius 2 is 2.14 bits per heavy atom. The van der Waals surface area contributed by atoms with E-state index in [-0.39, 0.29) is 30.4 Å². The number of para-hydroxylation sites is 1. The molecule has 0 aliphatic carbocycles. The summed E-state index contributed by atoms with van der Waals surface area (Å²) < 4.78 is 44.2. The van der Waals surface area contributed by atoms with Gasteiger partial charge in [-0.05, 0) is 50.0 Å². The highest BCUT2D eigenvalue weighted by Crippen LogP contribution is 2.29. The molecule has 0 bridgehead atoms. The molecule has 1 aromatic carbocycles. The van der Waals surface area contributed by atoms with Crippen molar-refractivity contribution in [3.63, 3.8) is 0 Å². The number of aromatic amines is 1. The predicted molar refractivity (Wildman–Crippen MR) is 103 cm³/mol. The van der Waals surface area contributed by atoms with Gasteiger partial charge in [-0.1, -0.05) is 18.2 Å². The second kappa shape index (κ2) is 8.98. The maximum Gasteiger partial charge on any atom is 0.573 e. The first kappa shape index (κ1) is 21.4. The minimum Gasteiger partial charge on any atom is -0.406 e. The topological polar surface area (TPSA) is 63.1 Å². The van der Waals surface area contributed by atoms with Crippen LogP contribution in [0.3, 0.4) is 0 Å². The largest absolute Gasteiger partial charge is 0.573 e. The number of hydrogen-bond donors (Lipinski definition) is 1. The molecule has 1 aromatic heterocycles. The minimum absolute atomic E-state index is 0.0847. The van der Waals surface area contributed by atoms with Crippen molar-refractivity contribution in [2.45, 2.75) is 51.4 Å². The van der Waals surface area contributed by atoms with Crippen molar-refractivity contribution in [2.24, 2.45) is 0 Å². The quantitative estimate of drug-likeness (QED) is 0.701. The maximum atomic E-state index is 12.7. The number of alkyl halides is 3. The van der Waals surface area contributed by atoms with Crippen molar-refractivity contribution in [1.82, 2.24) is 19.7 Å². The highest BCUT2D eigenvalue weighted by molar-refractivity contribution is 7.71. The molecule has 3 rings (SSSR count). The summed E-state index contributed by atoms with van der Waals surface area (Å²) in [5.41, 5.74) is 0.360. The summed E-state index contributed by atoms with van der Waals surface area (Å²) in [6.45, 7) is 3.85. The lowest BCUT2D eigenvalue weighted by molar-refractivity contribution is -0.274. The summed E-state index contributed by atoms with van der Waals surface area (Å²) in [7, 11) is 0. The summed E-state index contributed by atoms with van der Waals surface area (Å²) in [6.07, 6.45) is -2.72. The molecule has 0 saturated carbocycles. The molecule has 1 aliphatic heterocycles. The fraction of sp³-hybridized carbons (Fsp3) is 0.526. The summed E-state index contributed by atoms with van der Waals surface area (Å²) >= 11 is 5.24. The van der Waals surface area contributed by atoms with Gasteiger partial charge in [-0.25, -0.2) is 0 Å². The molecule has 29 heavy (non-hydrogen) atoms. The van der Waals surface area contributed by atoms with Gasteiger partial charge in [0.15, 0.2) is 4.77 Å². The molecule has 10 heteroatoms. The third kappa shape index (κ3) is 5.37. The standard InChI is InChI=1S/C19H23F3N4O2S/c1-2-26-17(23-24-18(26)29)14-7-5-11-25(12-14)16(27)10-9-13-6-3-4-8-15(13)28-19(20,21)22/h3-4,6,8,14H,2,5,7,9-12H2,1H3,(H,24,29). The SMILES string of the molecule is CCn1c(C2CCCN(C(=O)CCc3ccccc3OC(F)(F)F)C2)n[nH]c1=S. The Balaban J connectivity index is 1.64. The van der Waals surface area contributed by atoms with E-state index >= 15 is 0 Å². The highest BCUT2D eigenvalue weighted by atomic mass is 32.1. The van der Waals surface area contributed by atoms with E-state index in [1.807, 2.05) is 11.5 Å². The number of carbonyl (C=O) groups is 1. The third-order valence-electron chi connectivity index (χ3n) is 5.05. The van der Waals surface area contributed by atoms with Gasteiger partial charge in [0.25, 0.3) is 0 Å². The van der Waals surface area contributed by atoms with Gasteiger partial charge in [0.05, 0.1) is 0 Å². The summed E-state index contributed by atoms with van der Waals surface area (Å²) in [6, 6.07) is 5.92. The lowest BCUT2D eigenvalue weighted by Gasteiger charge is -2.32. The van der Waals surface area contributed by atoms with Gasteiger partial charge >= 0.3 is 6.36 Å². The van der Waals surface area contributed by atoms with Crippen LogP contribution in [0.4, 0.5) is 13.2 Å². The molecule has 1 aliphatic rings. The number of hydrogen-bond acceptors (Lipinski definition) is 4. The molecule has 2 aromatic rings. The Kier molecular flexibility index (Phi) is 6.61. The molecule has 0 radical (unpaired) electrons. The molecule has 0 spiro atoms. The van der Waals surface area contributed by atoms with Gasteiger partial charge in [-0.2, -0.15) is 5.10 Å². The smallest absolute Gasteiger partial charge is 0.406 e. The number of ether oxygens (including phenoxy) is 1. The van der Waals surface area contributed by atoms with Crippen molar-refractivity contribution in [3.05, 3.63) is 40.4 Å². The van der Waals surface area contributed by atoms with E-state index in [0.29, 0.717) is 30.0 Å². The van der Waals surface area contributed by atoms with Crippen LogP contribution in [-0.4, -0.2) is 45.0 Å². The molecule has 1 fully saturated rings. The van der Waals surface area contributed by atoms with E-state index < -0.39 is 6.36 Å². The Morgan fingerprint density at radius 3 is 2.86 bits per heavy atom. The van der Waals surface area contributed by atoms with Crippen molar-refractivity contribution in [3.8, 4) is 5.75 Å². The second-order valence-electron chi connectivity index (χ2n) is 6.97. The molecule has 158 valence electrons. The Labute approximate surface area is 171 Å². The Bertz CT molecular complexity index is 909. The molecule has 6 nitrogen and oxygen atoms in total. The van der Waals surface area contributed by atoms with E-state index in [9.17, 15) is 18.0 Å². The summed E-state index contributed by atoms with van der Waals surface area (Å²) in [5, 5.41) is 7.14. The zero-order chi connectivity index (χ0) is 21.0. The van der Waals surface area contributed by atoms with Crippen LogP contribution >= 0.6 is 12.2 Å². The molecule has 1 saturated heterocycles. The minimum atomic E-state index is -4.76. The average molecular weight is 428 g/mol. The van der Waals surface area contributed by atoms with Crippen molar-refractivity contribution < 1.29 is 22.7 Å². The van der Waals surface area contributed by atoms with Crippen molar-refractivity contribution in [2.75, 3.05) is 13.1 Å². The van der Waals surface area contributed by atoms with Gasteiger partial charge < -0.3 is 14.2 Å². The number of piperidine rings is 1. The molecule has 1 N–H and O–H groups in total. The van der Waals surface area contributed by atoms with Crippen molar-refractivity contribution in [1.29, 1.82) is 0 Å². The first-order chi connectivity index (χ1) is 13.8. The average Bonchev–Trinajstić information content (AvgIpc) is 3.06. The number of aryl methyl sites for hydroxylation is 1. The van der Waals surface area contributed by atoms with E-state index in [0.717, 1.165) is 18.7 Å². The monoisotopic (exact) mass is 428 g/mol. The number of aromatic nitrogens is 3. The fourth-order valence-electron chi connectivity index (χ4n) is 3.70. The zero-order valence-corrected chi connectivity index (χ0v) is 16.9. The normalized spacial score (nSPS) is 17.4. The second-order valence-corrected chi connectivity index (χ2v) is 7.35. The molecule has 1 atom stereocenters. The van der Waals surface area contributed by atoms with Crippen LogP contribution < -0.4 is 4.74 Å². The number of H-pyrrole nitrogens is 1. The number of rotatable bonds is 6. The Hall–Kier alpha value is -2.36. The van der Waals surface area contributed by atoms with E-state index in [1.165, 1.54) is 12.1 Å². The zero-order valence-electron chi connectivity index (χ0n) is 16.0. The van der Waals surface area contributed by atoms with Gasteiger partial charge in [-0.3, -0.25) is 9.89 Å². The van der Waals surface area contributed by atoms with Gasteiger partial charge in [0.2, 0.25) is 5.91 Å². The van der Waals surface area contributed by atoms with Crippen LogP contribution in [0.2, 0.25) is 0 Å². The number of nitrogens with zero attached hydrogens (tertiary/aromatic N) is 3. The number of carbonyl (C=O) groups excluding carboxylic acids is 1. The van der Waals surface area contributed by atoms with Crippen LogP contribution in [0.15, 0.2) is 24.3 Å². The van der Waals surface area contributed by atoms with Gasteiger partial charge in [0.1, 0.15) is 11.6 Å². The third-order valence-corrected chi connectivity index (χ3v) is 5.36. The van der Waals surface area contributed by atoms with Crippen LogP contribution in [0.25, 0.3) is 0 Å². The lowest BCUT2D eigenvalue weighted by Crippen LogP contribution is -2.39. The molecule has 2 heterocycles. The molecule has 1 amide bonds. The Morgan fingerprint density at radius 1 is 1.38 bits per heavy atom. The number of nitrogens with one attached hydrogen (secondary N) is 1. The van der Waals surface area contributed by atoms with Crippen LogP contribution in [0.1, 0.15) is 43.5 Å². The first-order valence-electron chi connectivity index (χ1n) is 9.55. The fourth-order valence-corrected chi connectivity index (χ4v) is 3.96. The molecular weight excluding hydrogens is 405 g/mol. The van der Waals surface area contributed by atoms with Crippen LogP contribution in [-0.2, 0) is 17.8 Å². The van der Waals surface area contributed by atoms with E-state index in [1.54, 1.807) is 17.0 Å². The summed E-state index contributed by atoms with van der Waals surface area (Å²) in [5.74, 6) is 0.580. The number of benzene rings is 1. The van der Waals surface area contributed by atoms with Crippen molar-refractivity contribution >= 4 is 18.1 Å². The number of likely N-dealkylation sites (tertiary alicyclic amines) is 1. The lowest BCUT2D eigenvalue weighted by atomic mass is 9.96. The van der Waals surface area contributed by atoms with E-state index in [4.69, 9.17) is 12.2 Å². The first-order valence-corrected chi connectivity index (χ1v) is 9.96.